The molecule has 3 nitrogen and oxygen atoms in total. The van der Waals surface area contributed by atoms with Gasteiger partial charge in [-0.25, -0.2) is 0 Å². The highest BCUT2D eigenvalue weighted by molar-refractivity contribution is 6.25. The molecule has 110 valence electrons. The molecule has 1 heterocycles. The van der Waals surface area contributed by atoms with Gasteiger partial charge in [0.15, 0.2) is 6.29 Å². The molecule has 0 atom stereocenters. The monoisotopic (exact) mass is 288 g/mol. The SMILES string of the molecule is CCOCC1COC(C2CCC(/C=C/Cl)CC2)OC1. The zero-order chi connectivity index (χ0) is 13.5. The molecule has 1 saturated heterocycles. The van der Waals surface area contributed by atoms with Crippen molar-refractivity contribution < 1.29 is 14.2 Å². The summed E-state index contributed by atoms with van der Waals surface area (Å²) in [5, 5.41) is 0. The number of ether oxygens (including phenoxy) is 3. The quantitative estimate of drug-likeness (QED) is 0.774. The summed E-state index contributed by atoms with van der Waals surface area (Å²) in [5.41, 5.74) is 1.65. The summed E-state index contributed by atoms with van der Waals surface area (Å²) in [5.74, 6) is 1.59. The second-order valence-corrected chi connectivity index (χ2v) is 5.81. The lowest BCUT2D eigenvalue weighted by molar-refractivity contribution is -0.234. The Morgan fingerprint density at radius 1 is 1.16 bits per heavy atom. The second-order valence-electron chi connectivity index (χ2n) is 5.55. The second kappa shape index (κ2) is 8.25. The van der Waals surface area contributed by atoms with E-state index in [0.717, 1.165) is 26.4 Å². The third-order valence-electron chi connectivity index (χ3n) is 4.10. The Morgan fingerprint density at radius 3 is 2.42 bits per heavy atom. The van der Waals surface area contributed by atoms with Crippen LogP contribution in [-0.2, 0) is 14.2 Å². The Morgan fingerprint density at radius 2 is 1.84 bits per heavy atom. The van der Waals surface area contributed by atoms with Crippen LogP contribution in [0, 0.1) is 17.8 Å². The molecule has 0 aromatic rings. The first-order valence-corrected chi connectivity index (χ1v) is 7.85. The predicted molar refractivity (Wildman–Crippen MR) is 76.1 cm³/mol. The van der Waals surface area contributed by atoms with Crippen molar-refractivity contribution in [3.8, 4) is 0 Å². The van der Waals surface area contributed by atoms with Crippen molar-refractivity contribution in [2.45, 2.75) is 38.9 Å². The molecule has 0 unspecified atom stereocenters. The summed E-state index contributed by atoms with van der Waals surface area (Å²) >= 11 is 5.64. The van der Waals surface area contributed by atoms with Crippen molar-refractivity contribution in [1.29, 1.82) is 0 Å². The van der Waals surface area contributed by atoms with Crippen LogP contribution >= 0.6 is 11.6 Å². The Balaban J connectivity index is 1.68. The van der Waals surface area contributed by atoms with Gasteiger partial charge in [0.25, 0.3) is 0 Å². The van der Waals surface area contributed by atoms with Gasteiger partial charge in [0.2, 0.25) is 0 Å². The Labute approximate surface area is 121 Å². The molecule has 2 aliphatic rings. The highest BCUT2D eigenvalue weighted by Gasteiger charge is 2.31. The molecule has 0 bridgehead atoms. The van der Waals surface area contributed by atoms with E-state index in [4.69, 9.17) is 25.8 Å². The molecule has 0 radical (unpaired) electrons. The summed E-state index contributed by atoms with van der Waals surface area (Å²) in [7, 11) is 0. The maximum atomic E-state index is 5.88. The molecule has 2 fully saturated rings. The average Bonchev–Trinajstić information content (AvgIpc) is 2.47. The third kappa shape index (κ3) is 4.75. The van der Waals surface area contributed by atoms with Gasteiger partial charge in [0.1, 0.15) is 0 Å². The van der Waals surface area contributed by atoms with E-state index in [1.165, 1.54) is 25.7 Å². The molecule has 0 aromatic heterocycles. The van der Waals surface area contributed by atoms with Gasteiger partial charge < -0.3 is 14.2 Å². The first-order valence-electron chi connectivity index (χ1n) is 7.41. The highest BCUT2D eigenvalue weighted by Crippen LogP contribution is 2.34. The minimum absolute atomic E-state index is 0.00110. The summed E-state index contributed by atoms with van der Waals surface area (Å²) < 4.78 is 17.2. The van der Waals surface area contributed by atoms with Gasteiger partial charge in [-0.1, -0.05) is 17.7 Å². The number of halogens is 1. The van der Waals surface area contributed by atoms with Crippen molar-refractivity contribution in [3.05, 3.63) is 11.6 Å². The number of hydrogen-bond donors (Lipinski definition) is 0. The van der Waals surface area contributed by atoms with Gasteiger partial charge in [0.05, 0.1) is 19.8 Å². The fraction of sp³-hybridized carbons (Fsp3) is 0.867. The average molecular weight is 289 g/mol. The molecule has 1 saturated carbocycles. The van der Waals surface area contributed by atoms with Crippen LogP contribution < -0.4 is 0 Å². The third-order valence-corrected chi connectivity index (χ3v) is 4.24. The summed E-state index contributed by atoms with van der Waals surface area (Å²) in [6.45, 7) is 5.06. The van der Waals surface area contributed by atoms with Crippen molar-refractivity contribution in [2.24, 2.45) is 17.8 Å². The van der Waals surface area contributed by atoms with Gasteiger partial charge in [-0.05, 0) is 38.5 Å². The summed E-state index contributed by atoms with van der Waals surface area (Å²) in [6, 6.07) is 0. The fourth-order valence-corrected chi connectivity index (χ4v) is 3.13. The lowest BCUT2D eigenvalue weighted by Gasteiger charge is -2.37. The van der Waals surface area contributed by atoms with E-state index in [1.54, 1.807) is 5.54 Å². The first kappa shape index (κ1) is 15.3. The van der Waals surface area contributed by atoms with Crippen LogP contribution in [0.15, 0.2) is 11.6 Å². The van der Waals surface area contributed by atoms with Gasteiger partial charge in [-0.3, -0.25) is 0 Å². The van der Waals surface area contributed by atoms with Crippen LogP contribution in [-0.4, -0.2) is 32.7 Å². The first-order chi connectivity index (χ1) is 9.33. The molecule has 0 amide bonds. The van der Waals surface area contributed by atoms with Gasteiger partial charge in [-0.2, -0.15) is 0 Å². The van der Waals surface area contributed by atoms with Crippen molar-refractivity contribution in [2.75, 3.05) is 26.4 Å². The minimum atomic E-state index is -0.00110. The Hall–Kier alpha value is -0.0900. The fourth-order valence-electron chi connectivity index (χ4n) is 2.92. The molecular formula is C15H25ClO3. The number of rotatable bonds is 5. The summed E-state index contributed by atoms with van der Waals surface area (Å²) in [4.78, 5) is 0. The Bertz CT molecular complexity index is 267. The maximum absolute atomic E-state index is 5.88. The van der Waals surface area contributed by atoms with Gasteiger partial charge in [-0.15, -0.1) is 0 Å². The molecule has 4 heteroatoms. The van der Waals surface area contributed by atoms with Crippen molar-refractivity contribution >= 4 is 11.6 Å². The normalized spacial score (nSPS) is 36.7. The van der Waals surface area contributed by atoms with Crippen molar-refractivity contribution in [3.63, 3.8) is 0 Å². The number of allylic oxidation sites excluding steroid dienone is 1. The van der Waals surface area contributed by atoms with Gasteiger partial charge in [0, 0.05) is 24.0 Å². The lowest BCUT2D eigenvalue weighted by Crippen LogP contribution is -2.39. The van der Waals surface area contributed by atoms with E-state index >= 15 is 0 Å². The minimum Gasteiger partial charge on any atom is -0.381 e. The van der Waals surface area contributed by atoms with Crippen LogP contribution in [0.25, 0.3) is 0 Å². The molecule has 2 rings (SSSR count). The smallest absolute Gasteiger partial charge is 0.160 e. The van der Waals surface area contributed by atoms with E-state index in [9.17, 15) is 0 Å². The largest absolute Gasteiger partial charge is 0.381 e. The number of hydrogen-bond acceptors (Lipinski definition) is 3. The van der Waals surface area contributed by atoms with E-state index in [1.807, 2.05) is 6.92 Å². The molecule has 19 heavy (non-hydrogen) atoms. The van der Waals surface area contributed by atoms with E-state index in [2.05, 4.69) is 6.08 Å². The van der Waals surface area contributed by atoms with E-state index in [0.29, 0.717) is 17.8 Å². The zero-order valence-electron chi connectivity index (χ0n) is 11.7. The van der Waals surface area contributed by atoms with Crippen LogP contribution in [0.4, 0.5) is 0 Å². The van der Waals surface area contributed by atoms with Crippen molar-refractivity contribution in [1.82, 2.24) is 0 Å². The van der Waals surface area contributed by atoms with E-state index in [-0.39, 0.29) is 6.29 Å². The molecular weight excluding hydrogens is 264 g/mol. The molecule has 0 N–H and O–H groups in total. The zero-order valence-corrected chi connectivity index (χ0v) is 12.5. The van der Waals surface area contributed by atoms with Crippen LogP contribution in [0.5, 0.6) is 0 Å². The lowest BCUT2D eigenvalue weighted by atomic mass is 9.81. The van der Waals surface area contributed by atoms with Crippen LogP contribution in [0.1, 0.15) is 32.6 Å². The Kier molecular flexibility index (Phi) is 6.65. The molecule has 0 spiro atoms. The summed E-state index contributed by atoms with van der Waals surface area (Å²) in [6.07, 6.45) is 6.84. The highest BCUT2D eigenvalue weighted by atomic mass is 35.5. The van der Waals surface area contributed by atoms with Crippen LogP contribution in [0.3, 0.4) is 0 Å². The van der Waals surface area contributed by atoms with Crippen LogP contribution in [0.2, 0.25) is 0 Å². The maximum Gasteiger partial charge on any atom is 0.160 e. The van der Waals surface area contributed by atoms with Gasteiger partial charge >= 0.3 is 0 Å². The molecule has 0 aromatic carbocycles. The predicted octanol–water partition coefficient (Wildman–Crippen LogP) is 3.57. The molecule has 1 aliphatic heterocycles. The van der Waals surface area contributed by atoms with E-state index < -0.39 is 0 Å². The topological polar surface area (TPSA) is 27.7 Å². The standard InChI is InChI=1S/C15H25ClO3/c1-2-17-9-13-10-18-15(19-11-13)14-5-3-12(4-6-14)7-8-16/h7-8,12-15H,2-6,9-11H2,1H3/b8-7+. The molecule has 1 aliphatic carbocycles.